The van der Waals surface area contributed by atoms with Gasteiger partial charge in [-0.25, -0.2) is 4.98 Å². The number of para-hydroxylation sites is 1. The Morgan fingerprint density at radius 2 is 1.77 bits per heavy atom. The van der Waals surface area contributed by atoms with Crippen molar-refractivity contribution in [3.8, 4) is 11.5 Å². The molecular weight excluding hydrogens is 330 g/mol. The summed E-state index contributed by atoms with van der Waals surface area (Å²) in [5, 5.41) is 6.00. The van der Waals surface area contributed by atoms with Gasteiger partial charge in [-0.1, -0.05) is 18.2 Å². The van der Waals surface area contributed by atoms with Gasteiger partial charge in [0.1, 0.15) is 17.3 Å². The molecule has 6 heteroatoms. The van der Waals surface area contributed by atoms with E-state index in [2.05, 4.69) is 15.6 Å². The van der Waals surface area contributed by atoms with Crippen molar-refractivity contribution in [3.05, 3.63) is 72.4 Å². The Labute approximate surface area is 151 Å². The van der Waals surface area contributed by atoms with E-state index in [1.807, 2.05) is 36.4 Å². The van der Waals surface area contributed by atoms with Crippen LogP contribution in [-0.4, -0.2) is 25.1 Å². The third kappa shape index (κ3) is 4.10. The van der Waals surface area contributed by atoms with Gasteiger partial charge in [0.05, 0.1) is 31.7 Å². The van der Waals surface area contributed by atoms with Crippen LogP contribution in [0.3, 0.4) is 0 Å². The van der Waals surface area contributed by atoms with Crippen LogP contribution < -0.4 is 20.1 Å². The molecule has 0 bridgehead atoms. The molecule has 26 heavy (non-hydrogen) atoms. The van der Waals surface area contributed by atoms with Gasteiger partial charge >= 0.3 is 0 Å². The lowest BCUT2D eigenvalue weighted by molar-refractivity contribution is 0.102. The van der Waals surface area contributed by atoms with E-state index in [9.17, 15) is 4.79 Å². The number of nitrogens with one attached hydrogen (secondary N) is 2. The highest BCUT2D eigenvalue weighted by molar-refractivity contribution is 6.05. The Balaban J connectivity index is 1.68. The summed E-state index contributed by atoms with van der Waals surface area (Å²) in [6.45, 7) is 0. The smallest absolute Gasteiger partial charge is 0.260 e. The molecule has 6 nitrogen and oxygen atoms in total. The van der Waals surface area contributed by atoms with E-state index in [1.165, 1.54) is 7.11 Å². The Morgan fingerprint density at radius 1 is 0.923 bits per heavy atom. The second-order valence-corrected chi connectivity index (χ2v) is 5.44. The lowest BCUT2D eigenvalue weighted by Crippen LogP contribution is -2.14. The molecule has 132 valence electrons. The molecule has 0 aliphatic carbocycles. The molecule has 0 radical (unpaired) electrons. The molecule has 0 aliphatic heterocycles. The molecule has 0 spiro atoms. The first-order valence-electron chi connectivity index (χ1n) is 8.01. The average Bonchev–Trinajstić information content (AvgIpc) is 2.69. The van der Waals surface area contributed by atoms with Gasteiger partial charge in [-0.3, -0.25) is 4.79 Å². The fourth-order valence-corrected chi connectivity index (χ4v) is 2.43. The van der Waals surface area contributed by atoms with E-state index in [0.717, 1.165) is 17.1 Å². The van der Waals surface area contributed by atoms with Crippen LogP contribution in [0.5, 0.6) is 11.5 Å². The summed E-state index contributed by atoms with van der Waals surface area (Å²) in [6, 6.07) is 18.2. The maximum Gasteiger partial charge on any atom is 0.260 e. The molecule has 1 amide bonds. The third-order valence-corrected chi connectivity index (χ3v) is 3.72. The molecule has 3 aromatic rings. The van der Waals surface area contributed by atoms with Crippen molar-refractivity contribution in [1.29, 1.82) is 0 Å². The summed E-state index contributed by atoms with van der Waals surface area (Å²) in [4.78, 5) is 16.7. The number of nitrogens with zero attached hydrogens (tertiary/aromatic N) is 1. The topological polar surface area (TPSA) is 72.5 Å². The van der Waals surface area contributed by atoms with Gasteiger partial charge in [-0.2, -0.15) is 0 Å². The minimum atomic E-state index is -0.275. The van der Waals surface area contributed by atoms with Gasteiger partial charge in [0.15, 0.2) is 0 Å². The van der Waals surface area contributed by atoms with Crippen LogP contribution in [-0.2, 0) is 0 Å². The number of carbonyl (C=O) groups excluding carboxylic acids is 1. The Hall–Kier alpha value is -3.54. The van der Waals surface area contributed by atoms with Gasteiger partial charge < -0.3 is 20.1 Å². The van der Waals surface area contributed by atoms with E-state index >= 15 is 0 Å². The van der Waals surface area contributed by atoms with Crippen molar-refractivity contribution in [1.82, 2.24) is 4.98 Å². The zero-order valence-corrected chi connectivity index (χ0v) is 14.5. The first-order valence-corrected chi connectivity index (χ1v) is 8.01. The highest BCUT2D eigenvalue weighted by atomic mass is 16.5. The Bertz CT molecular complexity index is 895. The number of hydrogen-bond donors (Lipinski definition) is 2. The maximum absolute atomic E-state index is 12.4. The van der Waals surface area contributed by atoms with E-state index in [-0.39, 0.29) is 5.91 Å². The predicted molar refractivity (Wildman–Crippen MR) is 101 cm³/mol. The number of amides is 1. The summed E-state index contributed by atoms with van der Waals surface area (Å²) in [7, 11) is 3.16. The predicted octanol–water partition coefficient (Wildman–Crippen LogP) is 4.09. The lowest BCUT2D eigenvalue weighted by atomic mass is 10.2. The van der Waals surface area contributed by atoms with E-state index in [1.54, 1.807) is 37.6 Å². The molecule has 0 fully saturated rings. The van der Waals surface area contributed by atoms with Crippen molar-refractivity contribution >= 4 is 23.1 Å². The number of hydrogen-bond acceptors (Lipinski definition) is 5. The van der Waals surface area contributed by atoms with Gasteiger partial charge in [0.2, 0.25) is 0 Å². The zero-order valence-electron chi connectivity index (χ0n) is 14.5. The highest BCUT2D eigenvalue weighted by Crippen LogP contribution is 2.22. The Morgan fingerprint density at radius 3 is 2.50 bits per heavy atom. The second kappa shape index (κ2) is 8.02. The molecule has 0 saturated heterocycles. The number of methoxy groups -OCH3 is 2. The molecule has 0 atom stereocenters. The number of carbonyl (C=O) groups is 1. The minimum Gasteiger partial charge on any atom is -0.497 e. The first kappa shape index (κ1) is 17.3. The summed E-state index contributed by atoms with van der Waals surface area (Å²) in [5.41, 5.74) is 2.14. The average molecular weight is 349 g/mol. The van der Waals surface area contributed by atoms with Crippen molar-refractivity contribution in [2.45, 2.75) is 0 Å². The number of aromatic nitrogens is 1. The number of benzene rings is 2. The fourth-order valence-electron chi connectivity index (χ4n) is 2.43. The van der Waals surface area contributed by atoms with Crippen molar-refractivity contribution < 1.29 is 14.3 Å². The molecule has 0 aliphatic rings. The summed E-state index contributed by atoms with van der Waals surface area (Å²) >= 11 is 0. The van der Waals surface area contributed by atoms with Crippen LogP contribution in [0.4, 0.5) is 17.2 Å². The number of anilines is 3. The molecular formula is C20H19N3O3. The number of rotatable bonds is 6. The van der Waals surface area contributed by atoms with Crippen molar-refractivity contribution in [3.63, 3.8) is 0 Å². The molecule has 2 N–H and O–H groups in total. The van der Waals surface area contributed by atoms with Gasteiger partial charge in [0, 0.05) is 11.8 Å². The molecule has 0 saturated carbocycles. The lowest BCUT2D eigenvalue weighted by Gasteiger charge is -2.10. The number of pyridine rings is 1. The van der Waals surface area contributed by atoms with E-state index in [0.29, 0.717) is 17.1 Å². The molecule has 1 aromatic heterocycles. The Kier molecular flexibility index (Phi) is 5.34. The maximum atomic E-state index is 12.4. The summed E-state index contributed by atoms with van der Waals surface area (Å²) in [5.74, 6) is 1.46. The largest absolute Gasteiger partial charge is 0.497 e. The standard InChI is InChI=1S/C20H19N3O3/c1-25-16-7-5-6-14(12-16)22-15-10-11-19(21-13-15)23-20(24)17-8-3-4-9-18(17)26-2/h3-13,22H,1-2H3,(H,21,23,24). The molecule has 1 heterocycles. The van der Waals surface area contributed by atoms with Crippen LogP contribution in [0.1, 0.15) is 10.4 Å². The van der Waals surface area contributed by atoms with Gasteiger partial charge in [-0.15, -0.1) is 0 Å². The normalized spacial score (nSPS) is 10.1. The van der Waals surface area contributed by atoms with Crippen molar-refractivity contribution in [2.75, 3.05) is 24.9 Å². The molecule has 2 aromatic carbocycles. The van der Waals surface area contributed by atoms with Gasteiger partial charge in [-0.05, 0) is 36.4 Å². The highest BCUT2D eigenvalue weighted by Gasteiger charge is 2.12. The minimum absolute atomic E-state index is 0.275. The number of ether oxygens (including phenoxy) is 2. The first-order chi connectivity index (χ1) is 12.7. The second-order valence-electron chi connectivity index (χ2n) is 5.44. The molecule has 3 rings (SSSR count). The van der Waals surface area contributed by atoms with Crippen LogP contribution >= 0.6 is 0 Å². The van der Waals surface area contributed by atoms with Crippen LogP contribution in [0.2, 0.25) is 0 Å². The fraction of sp³-hybridized carbons (Fsp3) is 0.100. The third-order valence-electron chi connectivity index (χ3n) is 3.72. The molecule has 0 unspecified atom stereocenters. The van der Waals surface area contributed by atoms with Crippen LogP contribution in [0, 0.1) is 0 Å². The van der Waals surface area contributed by atoms with Gasteiger partial charge in [0.25, 0.3) is 5.91 Å². The van der Waals surface area contributed by atoms with E-state index < -0.39 is 0 Å². The SMILES string of the molecule is COc1cccc(Nc2ccc(NC(=O)c3ccccc3OC)nc2)c1. The van der Waals surface area contributed by atoms with Crippen LogP contribution in [0.15, 0.2) is 66.9 Å². The monoisotopic (exact) mass is 349 g/mol. The van der Waals surface area contributed by atoms with Crippen molar-refractivity contribution in [2.24, 2.45) is 0 Å². The zero-order chi connectivity index (χ0) is 18.4. The summed E-state index contributed by atoms with van der Waals surface area (Å²) < 4.78 is 10.4. The van der Waals surface area contributed by atoms with Crippen LogP contribution in [0.25, 0.3) is 0 Å². The quantitative estimate of drug-likeness (QED) is 0.701. The summed E-state index contributed by atoms with van der Waals surface area (Å²) in [6.07, 6.45) is 1.65. The van der Waals surface area contributed by atoms with E-state index in [4.69, 9.17) is 9.47 Å².